The highest BCUT2D eigenvalue weighted by Crippen LogP contribution is 2.33. The summed E-state index contributed by atoms with van der Waals surface area (Å²) in [5, 5.41) is 2.80. The molecular weight excluding hydrogens is 493 g/mol. The minimum atomic E-state index is -3.87. The second-order valence-electron chi connectivity index (χ2n) is 8.08. The van der Waals surface area contributed by atoms with E-state index in [2.05, 4.69) is 22.0 Å². The molecule has 1 heterocycles. The quantitative estimate of drug-likeness (QED) is 0.563. The third kappa shape index (κ3) is 6.37. The molecular formula is C22H28Cl3N3O3S. The number of anilines is 1. The molecule has 32 heavy (non-hydrogen) atoms. The molecule has 0 aliphatic carbocycles. The summed E-state index contributed by atoms with van der Waals surface area (Å²) >= 11 is 12.6. The van der Waals surface area contributed by atoms with Crippen molar-refractivity contribution in [3.05, 3.63) is 57.6 Å². The van der Waals surface area contributed by atoms with Crippen LogP contribution in [0.5, 0.6) is 0 Å². The molecule has 2 aromatic rings. The predicted octanol–water partition coefficient (Wildman–Crippen LogP) is 4.98. The molecule has 0 saturated carbocycles. The van der Waals surface area contributed by atoms with E-state index in [9.17, 15) is 13.2 Å². The maximum absolute atomic E-state index is 13.0. The zero-order valence-electron chi connectivity index (χ0n) is 18.2. The highest BCUT2D eigenvalue weighted by atomic mass is 35.5. The number of benzene rings is 2. The number of hydrogen-bond donors (Lipinski definition) is 2. The van der Waals surface area contributed by atoms with Crippen LogP contribution in [-0.4, -0.2) is 45.4 Å². The molecule has 3 rings (SSSR count). The molecule has 1 fully saturated rings. The van der Waals surface area contributed by atoms with Crippen molar-refractivity contribution in [3.63, 3.8) is 0 Å². The molecule has 2 aromatic carbocycles. The van der Waals surface area contributed by atoms with E-state index in [4.69, 9.17) is 23.2 Å². The van der Waals surface area contributed by atoms with Crippen LogP contribution in [0.1, 0.15) is 35.7 Å². The average molecular weight is 521 g/mol. The van der Waals surface area contributed by atoms with Gasteiger partial charge in [0.2, 0.25) is 10.0 Å². The summed E-state index contributed by atoms with van der Waals surface area (Å²) in [6, 6.07) is 9.56. The van der Waals surface area contributed by atoms with Crippen molar-refractivity contribution < 1.29 is 13.2 Å². The summed E-state index contributed by atoms with van der Waals surface area (Å²) in [4.78, 5) is 14.7. The van der Waals surface area contributed by atoms with E-state index in [-0.39, 0.29) is 50.9 Å². The molecule has 0 radical (unpaired) electrons. The molecule has 2 N–H and O–H groups in total. The van der Waals surface area contributed by atoms with Crippen molar-refractivity contribution in [2.75, 3.05) is 25.5 Å². The molecule has 0 aromatic heterocycles. The highest BCUT2D eigenvalue weighted by molar-refractivity contribution is 7.89. The lowest BCUT2D eigenvalue weighted by molar-refractivity contribution is 0.102. The number of nitrogens with zero attached hydrogens (tertiary/aromatic N) is 1. The molecule has 1 amide bonds. The summed E-state index contributed by atoms with van der Waals surface area (Å²) in [7, 11) is -1.81. The number of aryl methyl sites for hydroxylation is 1. The normalized spacial score (nSPS) is 16.3. The number of hydrogen-bond acceptors (Lipinski definition) is 4. The van der Waals surface area contributed by atoms with Gasteiger partial charge in [0.05, 0.1) is 15.7 Å². The van der Waals surface area contributed by atoms with Gasteiger partial charge in [0.1, 0.15) is 4.90 Å². The monoisotopic (exact) mass is 519 g/mol. The minimum absolute atomic E-state index is 0. The first kappa shape index (κ1) is 26.9. The Bertz CT molecular complexity index is 1070. The van der Waals surface area contributed by atoms with Gasteiger partial charge in [-0.3, -0.25) is 4.79 Å². The third-order valence-electron chi connectivity index (χ3n) is 5.76. The summed E-state index contributed by atoms with van der Waals surface area (Å²) in [5.41, 5.74) is 1.57. The van der Waals surface area contributed by atoms with E-state index in [1.165, 1.54) is 12.1 Å². The number of carbonyl (C=O) groups is 1. The van der Waals surface area contributed by atoms with Crippen molar-refractivity contribution in [2.45, 2.75) is 37.6 Å². The number of carbonyl (C=O) groups excluding carboxylic acids is 1. The van der Waals surface area contributed by atoms with Gasteiger partial charge in [-0.1, -0.05) is 41.4 Å². The van der Waals surface area contributed by atoms with Gasteiger partial charge in [0, 0.05) is 11.6 Å². The van der Waals surface area contributed by atoms with Crippen molar-refractivity contribution in [2.24, 2.45) is 5.92 Å². The molecule has 1 aliphatic heterocycles. The number of nitrogens with one attached hydrogen (secondary N) is 2. The van der Waals surface area contributed by atoms with Gasteiger partial charge in [-0.15, -0.1) is 12.4 Å². The smallest absolute Gasteiger partial charge is 0.255 e. The third-order valence-corrected chi connectivity index (χ3v) is 8.10. The standard InChI is InChI=1S/C22H27Cl2N3O3S.ClH/c1-14-6-4-5-7-17(14)22(28)25-20-12-19(24)21(13-18(20)23)31(29,30)26-15(2)16-8-10-27(3)11-9-16;/h4-7,12-13,15-16,26H,8-11H2,1-3H3,(H,25,28);1H/t15-;/m1./s1. The number of piperidine rings is 1. The first-order valence-corrected chi connectivity index (χ1v) is 12.4. The van der Waals surface area contributed by atoms with Crippen molar-refractivity contribution in [1.29, 1.82) is 0 Å². The predicted molar refractivity (Wildman–Crippen MR) is 133 cm³/mol. The second-order valence-corrected chi connectivity index (χ2v) is 10.6. The maximum Gasteiger partial charge on any atom is 0.255 e. The average Bonchev–Trinajstić information content (AvgIpc) is 2.70. The van der Waals surface area contributed by atoms with Crippen LogP contribution in [-0.2, 0) is 10.0 Å². The van der Waals surface area contributed by atoms with E-state index in [0.717, 1.165) is 31.5 Å². The second kappa shape index (κ2) is 11.2. The summed E-state index contributed by atoms with van der Waals surface area (Å²) in [6.07, 6.45) is 1.86. The number of amides is 1. The van der Waals surface area contributed by atoms with Crippen LogP contribution in [0.4, 0.5) is 5.69 Å². The van der Waals surface area contributed by atoms with Crippen LogP contribution in [0, 0.1) is 12.8 Å². The Balaban J connectivity index is 0.00000363. The summed E-state index contributed by atoms with van der Waals surface area (Å²) in [6.45, 7) is 5.59. The van der Waals surface area contributed by atoms with Crippen LogP contribution in [0.25, 0.3) is 0 Å². The van der Waals surface area contributed by atoms with Crippen molar-refractivity contribution in [1.82, 2.24) is 9.62 Å². The van der Waals surface area contributed by atoms with Crippen molar-refractivity contribution >= 4 is 57.2 Å². The SMILES string of the molecule is Cc1ccccc1C(=O)Nc1cc(Cl)c(S(=O)(=O)N[C@H](C)C2CCN(C)CC2)cc1Cl.Cl. The van der Waals surface area contributed by atoms with Gasteiger partial charge < -0.3 is 10.2 Å². The lowest BCUT2D eigenvalue weighted by atomic mass is 9.91. The van der Waals surface area contributed by atoms with Gasteiger partial charge >= 0.3 is 0 Å². The fraction of sp³-hybridized carbons (Fsp3) is 0.409. The van der Waals surface area contributed by atoms with Gasteiger partial charge in [0.15, 0.2) is 0 Å². The molecule has 6 nitrogen and oxygen atoms in total. The number of halogens is 3. The number of sulfonamides is 1. The highest BCUT2D eigenvalue weighted by Gasteiger charge is 2.28. The Kier molecular flexibility index (Phi) is 9.40. The molecule has 1 aliphatic rings. The molecule has 10 heteroatoms. The van der Waals surface area contributed by atoms with E-state index < -0.39 is 10.0 Å². The zero-order valence-corrected chi connectivity index (χ0v) is 21.3. The van der Waals surface area contributed by atoms with E-state index in [1.54, 1.807) is 12.1 Å². The van der Waals surface area contributed by atoms with Gasteiger partial charge in [-0.2, -0.15) is 0 Å². The van der Waals surface area contributed by atoms with Crippen LogP contribution < -0.4 is 10.0 Å². The van der Waals surface area contributed by atoms with Gasteiger partial charge in [-0.25, -0.2) is 13.1 Å². The number of rotatable bonds is 6. The topological polar surface area (TPSA) is 78.5 Å². The fourth-order valence-corrected chi connectivity index (χ4v) is 5.92. The fourth-order valence-electron chi connectivity index (χ4n) is 3.78. The van der Waals surface area contributed by atoms with E-state index >= 15 is 0 Å². The van der Waals surface area contributed by atoms with Crippen LogP contribution in [0.3, 0.4) is 0 Å². The Morgan fingerprint density at radius 2 is 1.75 bits per heavy atom. The molecule has 1 saturated heterocycles. The van der Waals surface area contributed by atoms with Crippen LogP contribution >= 0.6 is 35.6 Å². The molecule has 0 bridgehead atoms. The molecule has 0 unspecified atom stereocenters. The van der Waals surface area contributed by atoms with Crippen molar-refractivity contribution in [3.8, 4) is 0 Å². The van der Waals surface area contributed by atoms with Crippen LogP contribution in [0.2, 0.25) is 10.0 Å². The van der Waals surface area contributed by atoms with E-state index in [1.807, 2.05) is 26.0 Å². The Labute approximate surface area is 206 Å². The van der Waals surface area contributed by atoms with Crippen LogP contribution in [0.15, 0.2) is 41.3 Å². The van der Waals surface area contributed by atoms with Gasteiger partial charge in [-0.05, 0) is 76.5 Å². The maximum atomic E-state index is 13.0. The molecule has 1 atom stereocenters. The largest absolute Gasteiger partial charge is 0.321 e. The van der Waals surface area contributed by atoms with E-state index in [0.29, 0.717) is 5.56 Å². The lowest BCUT2D eigenvalue weighted by Gasteiger charge is -2.33. The number of likely N-dealkylation sites (tertiary alicyclic amines) is 1. The molecule has 0 spiro atoms. The summed E-state index contributed by atoms with van der Waals surface area (Å²) < 4.78 is 28.7. The first-order valence-electron chi connectivity index (χ1n) is 10.2. The summed E-state index contributed by atoms with van der Waals surface area (Å²) in [5.74, 6) is -0.0893. The zero-order chi connectivity index (χ0) is 22.8. The Morgan fingerprint density at radius 1 is 1.12 bits per heavy atom. The lowest BCUT2D eigenvalue weighted by Crippen LogP contribution is -2.43. The Morgan fingerprint density at radius 3 is 2.38 bits per heavy atom. The molecule has 176 valence electrons. The first-order chi connectivity index (χ1) is 14.6. The minimum Gasteiger partial charge on any atom is -0.321 e. The Hall–Kier alpha value is -1.35. The van der Waals surface area contributed by atoms with Gasteiger partial charge in [0.25, 0.3) is 5.91 Å².